The number of hydrogen-bond acceptors (Lipinski definition) is 7. The molecule has 1 aromatic heterocycles. The van der Waals surface area contributed by atoms with Gasteiger partial charge < -0.3 is 25.6 Å². The number of fused-ring (bicyclic) bond motifs is 1. The fourth-order valence-electron chi connectivity index (χ4n) is 5.19. The van der Waals surface area contributed by atoms with Gasteiger partial charge in [-0.3, -0.25) is 9.78 Å². The SMILES string of the molecule is COc1ccc2ncc(CN)c([C@H](O)CCC3(C(=O)O)CCN(CCSc4c(F)cc(F)cc4F)CC3)c2c1. The number of pyridine rings is 1. The molecule has 4 rings (SSSR count). The number of methoxy groups -OCH3 is 1. The first kappa shape index (κ1) is 29.1. The van der Waals surface area contributed by atoms with Gasteiger partial charge in [-0.15, -0.1) is 11.8 Å². The Morgan fingerprint density at radius 2 is 1.90 bits per heavy atom. The maximum absolute atomic E-state index is 13.9. The normalized spacial score (nSPS) is 16.4. The largest absolute Gasteiger partial charge is 0.497 e. The quantitative estimate of drug-likeness (QED) is 0.283. The lowest BCUT2D eigenvalue weighted by molar-refractivity contribution is -0.153. The molecule has 1 fully saturated rings. The van der Waals surface area contributed by atoms with E-state index in [1.165, 1.54) is 0 Å². The molecule has 1 saturated heterocycles. The van der Waals surface area contributed by atoms with E-state index in [4.69, 9.17) is 10.5 Å². The fraction of sp³-hybridized carbons (Fsp3) is 0.429. The van der Waals surface area contributed by atoms with Crippen molar-refractivity contribution in [2.45, 2.75) is 43.2 Å². The summed E-state index contributed by atoms with van der Waals surface area (Å²) < 4.78 is 46.3. The highest BCUT2D eigenvalue weighted by molar-refractivity contribution is 7.99. The number of carbonyl (C=O) groups is 1. The second-order valence-corrected chi connectivity index (χ2v) is 10.9. The van der Waals surface area contributed by atoms with Gasteiger partial charge in [0.15, 0.2) is 0 Å². The fourth-order valence-corrected chi connectivity index (χ4v) is 6.14. The number of carboxylic acid groups (broad SMARTS) is 1. The van der Waals surface area contributed by atoms with Gasteiger partial charge >= 0.3 is 5.97 Å². The molecule has 0 radical (unpaired) electrons. The van der Waals surface area contributed by atoms with Crippen molar-refractivity contribution in [2.75, 3.05) is 32.5 Å². The summed E-state index contributed by atoms with van der Waals surface area (Å²) in [6.45, 7) is 1.68. The number of likely N-dealkylation sites (tertiary alicyclic amines) is 1. The Morgan fingerprint density at radius 1 is 1.21 bits per heavy atom. The van der Waals surface area contributed by atoms with Crippen molar-refractivity contribution in [3.05, 3.63) is 65.1 Å². The number of halogens is 3. The number of aliphatic hydroxyl groups excluding tert-OH is 1. The molecule has 4 N–H and O–H groups in total. The second-order valence-electron chi connectivity index (χ2n) is 9.81. The smallest absolute Gasteiger partial charge is 0.309 e. The van der Waals surface area contributed by atoms with Crippen LogP contribution in [0.1, 0.15) is 42.9 Å². The lowest BCUT2D eigenvalue weighted by atomic mass is 9.74. The lowest BCUT2D eigenvalue weighted by Crippen LogP contribution is -2.45. The summed E-state index contributed by atoms with van der Waals surface area (Å²) in [5.41, 5.74) is 6.95. The molecule has 2 aromatic carbocycles. The number of benzene rings is 2. The van der Waals surface area contributed by atoms with Gasteiger partial charge in [0.1, 0.15) is 23.2 Å². The van der Waals surface area contributed by atoms with Crippen LogP contribution in [0.3, 0.4) is 0 Å². The van der Waals surface area contributed by atoms with Crippen molar-refractivity contribution in [1.29, 1.82) is 0 Å². The van der Waals surface area contributed by atoms with Crippen molar-refractivity contribution in [2.24, 2.45) is 11.1 Å². The molecule has 0 saturated carbocycles. The molecule has 0 spiro atoms. The van der Waals surface area contributed by atoms with Crippen LogP contribution in [-0.2, 0) is 11.3 Å². The molecule has 0 bridgehead atoms. The van der Waals surface area contributed by atoms with Gasteiger partial charge in [-0.2, -0.15) is 0 Å². The number of nitrogens with zero attached hydrogens (tertiary/aromatic N) is 2. The minimum Gasteiger partial charge on any atom is -0.497 e. The van der Waals surface area contributed by atoms with Crippen molar-refractivity contribution in [3.63, 3.8) is 0 Å². The van der Waals surface area contributed by atoms with Crippen molar-refractivity contribution >= 4 is 28.6 Å². The minimum absolute atomic E-state index is 0.176. The molecule has 0 unspecified atom stereocenters. The zero-order valence-electron chi connectivity index (χ0n) is 21.6. The van der Waals surface area contributed by atoms with Crippen molar-refractivity contribution in [1.82, 2.24) is 9.88 Å². The molecule has 210 valence electrons. The van der Waals surface area contributed by atoms with Gasteiger partial charge in [0.05, 0.1) is 29.0 Å². The molecule has 1 aliphatic rings. The Hall–Kier alpha value is -2.86. The first-order valence-corrected chi connectivity index (χ1v) is 13.7. The van der Waals surface area contributed by atoms with Gasteiger partial charge in [0.2, 0.25) is 0 Å². The van der Waals surface area contributed by atoms with E-state index >= 15 is 0 Å². The molecular formula is C28H32F3N3O4S. The maximum Gasteiger partial charge on any atom is 0.309 e. The monoisotopic (exact) mass is 563 g/mol. The van der Waals surface area contributed by atoms with Gasteiger partial charge in [0.25, 0.3) is 0 Å². The lowest BCUT2D eigenvalue weighted by Gasteiger charge is -2.39. The van der Waals surface area contributed by atoms with Crippen LogP contribution in [0.4, 0.5) is 13.2 Å². The van der Waals surface area contributed by atoms with Gasteiger partial charge in [0, 0.05) is 42.6 Å². The van der Waals surface area contributed by atoms with Gasteiger partial charge in [-0.25, -0.2) is 13.2 Å². The van der Waals surface area contributed by atoms with E-state index in [1.54, 1.807) is 31.5 Å². The summed E-state index contributed by atoms with van der Waals surface area (Å²) in [4.78, 5) is 18.6. The molecule has 0 amide bonds. The van der Waals surface area contributed by atoms with Crippen LogP contribution >= 0.6 is 11.8 Å². The number of carboxylic acids is 1. The number of aromatic nitrogens is 1. The molecule has 7 nitrogen and oxygen atoms in total. The predicted octanol–water partition coefficient (Wildman–Crippen LogP) is 4.89. The summed E-state index contributed by atoms with van der Waals surface area (Å²) in [7, 11) is 1.55. The number of aliphatic carboxylic acids is 1. The topological polar surface area (TPSA) is 109 Å². The first-order valence-electron chi connectivity index (χ1n) is 12.7. The third-order valence-electron chi connectivity index (χ3n) is 7.53. The van der Waals surface area contributed by atoms with Crippen LogP contribution in [0.2, 0.25) is 0 Å². The van der Waals surface area contributed by atoms with E-state index in [0.29, 0.717) is 72.8 Å². The predicted molar refractivity (Wildman–Crippen MR) is 143 cm³/mol. The number of piperidine rings is 1. The number of hydrogen-bond donors (Lipinski definition) is 3. The molecule has 3 aromatic rings. The third-order valence-corrected chi connectivity index (χ3v) is 8.60. The second kappa shape index (κ2) is 12.5. The summed E-state index contributed by atoms with van der Waals surface area (Å²) >= 11 is 0.969. The summed E-state index contributed by atoms with van der Waals surface area (Å²) in [5.74, 6) is -2.74. The Balaban J connectivity index is 1.39. The maximum atomic E-state index is 13.9. The Morgan fingerprint density at radius 3 is 2.51 bits per heavy atom. The molecule has 39 heavy (non-hydrogen) atoms. The van der Waals surface area contributed by atoms with E-state index < -0.39 is 34.9 Å². The zero-order valence-corrected chi connectivity index (χ0v) is 22.4. The molecule has 1 atom stereocenters. The Kier molecular flexibility index (Phi) is 9.37. The van der Waals surface area contributed by atoms with Crippen LogP contribution in [-0.4, -0.2) is 58.6 Å². The zero-order chi connectivity index (χ0) is 28.2. The van der Waals surface area contributed by atoms with E-state index in [0.717, 1.165) is 17.1 Å². The number of ether oxygens (including phenoxy) is 1. The Labute approximate surface area is 229 Å². The highest BCUT2D eigenvalue weighted by Gasteiger charge is 2.41. The highest BCUT2D eigenvalue weighted by Crippen LogP contribution is 2.40. The number of nitrogens with two attached hydrogens (primary N) is 1. The third kappa shape index (κ3) is 6.49. The molecule has 11 heteroatoms. The first-order chi connectivity index (χ1) is 18.7. The van der Waals surface area contributed by atoms with Crippen LogP contribution < -0.4 is 10.5 Å². The number of rotatable bonds is 11. The summed E-state index contributed by atoms with van der Waals surface area (Å²) in [6.07, 6.45) is 1.97. The van der Waals surface area contributed by atoms with E-state index in [-0.39, 0.29) is 24.3 Å². The van der Waals surface area contributed by atoms with Gasteiger partial charge in [-0.05, 0) is 68.1 Å². The summed E-state index contributed by atoms with van der Waals surface area (Å²) in [6, 6.07) is 6.70. The van der Waals surface area contributed by atoms with Crippen LogP contribution in [0.25, 0.3) is 10.9 Å². The van der Waals surface area contributed by atoms with Gasteiger partial charge in [-0.1, -0.05) is 0 Å². The molecule has 0 aliphatic carbocycles. The molecule has 2 heterocycles. The van der Waals surface area contributed by atoms with Crippen LogP contribution in [0, 0.1) is 22.9 Å². The Bertz CT molecular complexity index is 1310. The minimum atomic E-state index is -0.997. The van der Waals surface area contributed by atoms with Crippen molar-refractivity contribution < 1.29 is 32.9 Å². The van der Waals surface area contributed by atoms with Crippen LogP contribution in [0.15, 0.2) is 41.4 Å². The molecular weight excluding hydrogens is 531 g/mol. The van der Waals surface area contributed by atoms with E-state index in [2.05, 4.69) is 9.88 Å². The number of aliphatic hydroxyl groups is 1. The highest BCUT2D eigenvalue weighted by atomic mass is 32.2. The van der Waals surface area contributed by atoms with E-state index in [9.17, 15) is 28.2 Å². The molecule has 1 aliphatic heterocycles. The van der Waals surface area contributed by atoms with E-state index in [1.807, 2.05) is 0 Å². The standard InChI is InChI=1S/C28H32F3N3O4S/c1-38-19-2-3-23-20(14-19)25(17(15-32)16-33-23)24(35)4-5-28(27(36)37)6-8-34(9-7-28)10-11-39-26-21(30)12-18(29)13-22(26)31/h2-3,12-14,16,24,35H,4-11,15,32H2,1H3,(H,36,37)/t24-/m1/s1. The summed E-state index contributed by atoms with van der Waals surface area (Å²) in [5, 5.41) is 22.1. The van der Waals surface area contributed by atoms with Crippen LogP contribution in [0.5, 0.6) is 5.75 Å². The number of thioether (sulfide) groups is 1. The average Bonchev–Trinajstić information content (AvgIpc) is 2.92. The average molecular weight is 564 g/mol. The van der Waals surface area contributed by atoms with Crippen molar-refractivity contribution in [3.8, 4) is 5.75 Å².